The number of nitrogens with zero attached hydrogens (tertiary/aromatic N) is 1. The fourth-order valence-corrected chi connectivity index (χ4v) is 1.80. The van der Waals surface area contributed by atoms with Gasteiger partial charge in [-0.3, -0.25) is 15.1 Å². The molecule has 0 aliphatic rings. The number of ether oxygens (including phenoxy) is 1. The van der Waals surface area contributed by atoms with E-state index in [0.29, 0.717) is 16.9 Å². The largest absolute Gasteiger partial charge is 0.444 e. The first kappa shape index (κ1) is 16.5. The molecule has 0 aliphatic heterocycles. The molecule has 2 N–H and O–H groups in total. The Morgan fingerprint density at radius 1 is 1.00 bits per heavy atom. The van der Waals surface area contributed by atoms with Crippen molar-refractivity contribution in [2.45, 2.75) is 26.4 Å². The fourth-order valence-electron chi connectivity index (χ4n) is 1.80. The van der Waals surface area contributed by atoms with E-state index >= 15 is 0 Å². The lowest BCUT2D eigenvalue weighted by Gasteiger charge is -2.19. The van der Waals surface area contributed by atoms with Crippen LogP contribution in [0.15, 0.2) is 48.8 Å². The van der Waals surface area contributed by atoms with Crippen LogP contribution in [0, 0.1) is 0 Å². The van der Waals surface area contributed by atoms with Crippen molar-refractivity contribution in [1.82, 2.24) is 4.98 Å². The molecular weight excluding hydrogens is 294 g/mol. The lowest BCUT2D eigenvalue weighted by molar-refractivity contribution is 0.0635. The van der Waals surface area contributed by atoms with Gasteiger partial charge in [0.1, 0.15) is 5.60 Å². The molecule has 1 heterocycles. The van der Waals surface area contributed by atoms with Crippen LogP contribution in [0.5, 0.6) is 0 Å². The van der Waals surface area contributed by atoms with E-state index in [0.717, 1.165) is 0 Å². The molecule has 0 bridgehead atoms. The minimum absolute atomic E-state index is 0.274. The minimum Gasteiger partial charge on any atom is -0.444 e. The zero-order valence-corrected chi connectivity index (χ0v) is 13.3. The maximum atomic E-state index is 12.2. The number of anilines is 2. The summed E-state index contributed by atoms with van der Waals surface area (Å²) in [5, 5.41) is 5.36. The second kappa shape index (κ2) is 6.91. The number of hydrogen-bond donors (Lipinski definition) is 2. The van der Waals surface area contributed by atoms with Crippen molar-refractivity contribution in [2.24, 2.45) is 0 Å². The van der Waals surface area contributed by atoms with Crippen LogP contribution >= 0.6 is 0 Å². The first-order chi connectivity index (χ1) is 10.8. The number of carbonyl (C=O) groups is 2. The van der Waals surface area contributed by atoms with Gasteiger partial charge in [-0.05, 0) is 51.1 Å². The molecule has 2 amide bonds. The molecule has 120 valence electrons. The molecule has 23 heavy (non-hydrogen) atoms. The van der Waals surface area contributed by atoms with Gasteiger partial charge in [-0.2, -0.15) is 0 Å². The number of hydrogen-bond acceptors (Lipinski definition) is 4. The van der Waals surface area contributed by atoms with Crippen LogP contribution in [0.4, 0.5) is 16.2 Å². The molecule has 6 nitrogen and oxygen atoms in total. The molecule has 0 fully saturated rings. The number of pyridine rings is 1. The van der Waals surface area contributed by atoms with Crippen LogP contribution in [0.1, 0.15) is 31.1 Å². The number of benzene rings is 1. The average Bonchev–Trinajstić information content (AvgIpc) is 2.46. The van der Waals surface area contributed by atoms with Crippen molar-refractivity contribution >= 4 is 23.4 Å². The highest BCUT2D eigenvalue weighted by Crippen LogP contribution is 2.15. The number of carbonyl (C=O) groups excluding carboxylic acids is 2. The maximum absolute atomic E-state index is 12.2. The summed E-state index contributed by atoms with van der Waals surface area (Å²) < 4.78 is 5.18. The Morgan fingerprint density at radius 2 is 1.70 bits per heavy atom. The van der Waals surface area contributed by atoms with Gasteiger partial charge < -0.3 is 10.1 Å². The van der Waals surface area contributed by atoms with E-state index in [-0.39, 0.29) is 5.91 Å². The van der Waals surface area contributed by atoms with E-state index < -0.39 is 11.7 Å². The van der Waals surface area contributed by atoms with E-state index in [4.69, 9.17) is 4.74 Å². The van der Waals surface area contributed by atoms with Crippen molar-refractivity contribution in [3.63, 3.8) is 0 Å². The van der Waals surface area contributed by atoms with Gasteiger partial charge in [-0.25, -0.2) is 4.79 Å². The zero-order chi connectivity index (χ0) is 16.9. The monoisotopic (exact) mass is 313 g/mol. The molecule has 0 aliphatic carbocycles. The van der Waals surface area contributed by atoms with Gasteiger partial charge in [0, 0.05) is 29.3 Å². The molecule has 2 rings (SSSR count). The Morgan fingerprint density at radius 3 is 2.35 bits per heavy atom. The highest BCUT2D eigenvalue weighted by atomic mass is 16.6. The molecule has 1 aromatic heterocycles. The number of amides is 2. The molecular formula is C17H19N3O3. The Hall–Kier alpha value is -2.89. The van der Waals surface area contributed by atoms with E-state index in [1.54, 1.807) is 69.6 Å². The van der Waals surface area contributed by atoms with Gasteiger partial charge in [-0.15, -0.1) is 0 Å². The van der Waals surface area contributed by atoms with Gasteiger partial charge in [-0.1, -0.05) is 6.07 Å². The first-order valence-corrected chi connectivity index (χ1v) is 7.15. The molecule has 0 saturated heterocycles. The summed E-state index contributed by atoms with van der Waals surface area (Å²) in [5.41, 5.74) is 0.980. The smallest absolute Gasteiger partial charge is 0.412 e. The highest BCUT2D eigenvalue weighted by Gasteiger charge is 2.16. The summed E-state index contributed by atoms with van der Waals surface area (Å²) in [7, 11) is 0. The third-order valence-corrected chi connectivity index (χ3v) is 2.71. The van der Waals surface area contributed by atoms with Crippen LogP contribution in [-0.2, 0) is 4.74 Å². The second-order valence-electron chi connectivity index (χ2n) is 5.90. The fraction of sp³-hybridized carbons (Fsp3) is 0.235. The van der Waals surface area contributed by atoms with Crippen molar-refractivity contribution < 1.29 is 14.3 Å². The van der Waals surface area contributed by atoms with Crippen LogP contribution in [0.25, 0.3) is 0 Å². The average molecular weight is 313 g/mol. The summed E-state index contributed by atoms with van der Waals surface area (Å²) in [6, 6.07) is 10.0. The van der Waals surface area contributed by atoms with Crippen LogP contribution < -0.4 is 10.6 Å². The van der Waals surface area contributed by atoms with Crippen molar-refractivity contribution in [3.8, 4) is 0 Å². The topological polar surface area (TPSA) is 80.3 Å². The lowest BCUT2D eigenvalue weighted by Crippen LogP contribution is -2.27. The summed E-state index contributed by atoms with van der Waals surface area (Å²) in [6.07, 6.45) is 2.62. The Balaban J connectivity index is 2.04. The second-order valence-corrected chi connectivity index (χ2v) is 5.90. The molecule has 6 heteroatoms. The Bertz CT molecular complexity index is 694. The van der Waals surface area contributed by atoms with Crippen molar-refractivity contribution in [3.05, 3.63) is 54.4 Å². The normalized spacial score (nSPS) is 10.7. The summed E-state index contributed by atoms with van der Waals surface area (Å²) >= 11 is 0. The SMILES string of the molecule is CC(C)(C)OC(=O)Nc1cccc(C(=O)Nc2ccncc2)c1. The molecule has 0 atom stereocenters. The molecule has 0 unspecified atom stereocenters. The molecule has 0 saturated carbocycles. The predicted molar refractivity (Wildman–Crippen MR) is 88.5 cm³/mol. The minimum atomic E-state index is -0.583. The van der Waals surface area contributed by atoms with E-state index in [1.807, 2.05) is 0 Å². The Kier molecular flexibility index (Phi) is 4.95. The number of nitrogens with one attached hydrogen (secondary N) is 2. The van der Waals surface area contributed by atoms with Gasteiger partial charge in [0.15, 0.2) is 0 Å². The van der Waals surface area contributed by atoms with Crippen LogP contribution in [-0.4, -0.2) is 22.6 Å². The van der Waals surface area contributed by atoms with Gasteiger partial charge >= 0.3 is 6.09 Å². The third-order valence-electron chi connectivity index (χ3n) is 2.71. The third kappa shape index (κ3) is 5.43. The quantitative estimate of drug-likeness (QED) is 0.905. The van der Waals surface area contributed by atoms with Crippen LogP contribution in [0.2, 0.25) is 0 Å². The van der Waals surface area contributed by atoms with Crippen molar-refractivity contribution in [2.75, 3.05) is 10.6 Å². The Labute approximate surface area is 134 Å². The lowest BCUT2D eigenvalue weighted by atomic mass is 10.2. The van der Waals surface area contributed by atoms with E-state index in [2.05, 4.69) is 15.6 Å². The predicted octanol–water partition coefficient (Wildman–Crippen LogP) is 3.68. The summed E-state index contributed by atoms with van der Waals surface area (Å²) in [6.45, 7) is 5.35. The van der Waals surface area contributed by atoms with Crippen LogP contribution in [0.3, 0.4) is 0 Å². The molecule has 2 aromatic rings. The highest BCUT2D eigenvalue weighted by molar-refractivity contribution is 6.05. The molecule has 1 aromatic carbocycles. The molecule has 0 spiro atoms. The van der Waals surface area contributed by atoms with Gasteiger partial charge in [0.05, 0.1) is 0 Å². The van der Waals surface area contributed by atoms with Gasteiger partial charge in [0.25, 0.3) is 5.91 Å². The maximum Gasteiger partial charge on any atom is 0.412 e. The summed E-state index contributed by atoms with van der Waals surface area (Å²) in [4.78, 5) is 27.9. The van der Waals surface area contributed by atoms with E-state index in [1.165, 1.54) is 0 Å². The number of aromatic nitrogens is 1. The van der Waals surface area contributed by atoms with Crippen molar-refractivity contribution in [1.29, 1.82) is 0 Å². The number of rotatable bonds is 3. The standard InChI is InChI=1S/C17H19N3O3/c1-17(2,3)23-16(22)20-14-6-4-5-12(11-14)15(21)19-13-7-9-18-10-8-13/h4-11H,1-3H3,(H,20,22)(H,18,19,21). The van der Waals surface area contributed by atoms with Gasteiger partial charge in [0.2, 0.25) is 0 Å². The first-order valence-electron chi connectivity index (χ1n) is 7.15. The van der Waals surface area contributed by atoms with E-state index in [9.17, 15) is 9.59 Å². The molecule has 0 radical (unpaired) electrons. The summed E-state index contributed by atoms with van der Waals surface area (Å²) in [5.74, 6) is -0.274. The zero-order valence-electron chi connectivity index (χ0n) is 13.3.